The molecule has 1 N–H and O–H groups in total. The van der Waals surface area contributed by atoms with E-state index in [0.29, 0.717) is 0 Å². The highest BCUT2D eigenvalue weighted by Gasteiger charge is 2.40. The number of likely N-dealkylation sites (N-methyl/N-ethyl adjacent to an activating group) is 1. The van der Waals surface area contributed by atoms with Crippen LogP contribution in [-0.2, 0) is 10.2 Å². The average molecular weight is 205 g/mol. The summed E-state index contributed by atoms with van der Waals surface area (Å²) in [6.07, 6.45) is 0. The van der Waals surface area contributed by atoms with Crippen molar-refractivity contribution in [3.8, 4) is 0 Å². The molecule has 0 atom stereocenters. The van der Waals surface area contributed by atoms with E-state index >= 15 is 0 Å². The Balaban J connectivity index is 2.34. The van der Waals surface area contributed by atoms with Gasteiger partial charge in [-0.15, -0.1) is 0 Å². The number of aryl methyl sites for hydroxylation is 2. The molecule has 0 unspecified atom stereocenters. The molecule has 1 aliphatic heterocycles. The molecule has 2 nitrogen and oxygen atoms in total. The van der Waals surface area contributed by atoms with E-state index in [4.69, 9.17) is 4.74 Å². The van der Waals surface area contributed by atoms with E-state index < -0.39 is 0 Å². The zero-order chi connectivity index (χ0) is 10.9. The lowest BCUT2D eigenvalue weighted by molar-refractivity contribution is -0.0585. The second-order valence-electron chi connectivity index (χ2n) is 4.62. The molecule has 0 spiro atoms. The summed E-state index contributed by atoms with van der Waals surface area (Å²) in [6.45, 7) is 7.02. The Morgan fingerprint density at radius 1 is 1.33 bits per heavy atom. The van der Waals surface area contributed by atoms with Gasteiger partial charge in [-0.2, -0.15) is 0 Å². The molecule has 0 radical (unpaired) electrons. The number of hydrogen-bond donors (Lipinski definition) is 1. The van der Waals surface area contributed by atoms with Crippen LogP contribution in [0.25, 0.3) is 0 Å². The first-order valence-electron chi connectivity index (χ1n) is 5.48. The fourth-order valence-electron chi connectivity index (χ4n) is 2.45. The Bertz CT molecular complexity index is 356. The maximum absolute atomic E-state index is 5.39. The quantitative estimate of drug-likeness (QED) is 0.812. The van der Waals surface area contributed by atoms with Gasteiger partial charge in [0.25, 0.3) is 0 Å². The number of hydrogen-bond acceptors (Lipinski definition) is 2. The monoisotopic (exact) mass is 205 g/mol. The number of benzene rings is 1. The van der Waals surface area contributed by atoms with Crippen LogP contribution in [0, 0.1) is 13.8 Å². The molecular weight excluding hydrogens is 186 g/mol. The lowest BCUT2D eigenvalue weighted by Crippen LogP contribution is -2.53. The smallest absolute Gasteiger partial charge is 0.0598 e. The third-order valence-electron chi connectivity index (χ3n) is 3.23. The van der Waals surface area contributed by atoms with Gasteiger partial charge >= 0.3 is 0 Å². The van der Waals surface area contributed by atoms with Crippen molar-refractivity contribution in [3.05, 3.63) is 34.9 Å². The van der Waals surface area contributed by atoms with Crippen LogP contribution in [-0.4, -0.2) is 26.8 Å². The van der Waals surface area contributed by atoms with Gasteiger partial charge in [-0.05, 0) is 32.0 Å². The molecule has 1 aromatic rings. The lowest BCUT2D eigenvalue weighted by atomic mass is 9.76. The van der Waals surface area contributed by atoms with Gasteiger partial charge in [0.05, 0.1) is 18.6 Å². The van der Waals surface area contributed by atoms with Crippen molar-refractivity contribution in [2.45, 2.75) is 19.3 Å². The predicted molar refractivity (Wildman–Crippen MR) is 62.3 cm³/mol. The minimum Gasteiger partial charge on any atom is -0.379 e. The summed E-state index contributed by atoms with van der Waals surface area (Å²) >= 11 is 0. The summed E-state index contributed by atoms with van der Waals surface area (Å²) in [7, 11) is 2.00. The summed E-state index contributed by atoms with van der Waals surface area (Å²) in [6, 6.07) is 6.70. The molecule has 0 amide bonds. The summed E-state index contributed by atoms with van der Waals surface area (Å²) in [5, 5.41) is 3.27. The standard InChI is InChI=1S/C13H19NO/c1-10-4-5-12(11(2)6-10)13(7-14-3)8-15-9-13/h4-6,14H,7-9H2,1-3H3. The number of ether oxygens (including phenoxy) is 1. The van der Waals surface area contributed by atoms with Crippen molar-refractivity contribution in [2.24, 2.45) is 0 Å². The SMILES string of the molecule is CNCC1(c2ccc(C)cc2C)COC1. The van der Waals surface area contributed by atoms with Gasteiger partial charge in [0.1, 0.15) is 0 Å². The zero-order valence-corrected chi connectivity index (χ0v) is 9.76. The van der Waals surface area contributed by atoms with Crippen molar-refractivity contribution in [3.63, 3.8) is 0 Å². The van der Waals surface area contributed by atoms with Crippen LogP contribution in [0.4, 0.5) is 0 Å². The van der Waals surface area contributed by atoms with Gasteiger partial charge in [-0.1, -0.05) is 23.8 Å². The third kappa shape index (κ3) is 1.80. The van der Waals surface area contributed by atoms with E-state index in [1.165, 1.54) is 16.7 Å². The fourth-order valence-corrected chi connectivity index (χ4v) is 2.45. The highest BCUT2D eigenvalue weighted by Crippen LogP contribution is 2.34. The maximum Gasteiger partial charge on any atom is 0.0598 e. The molecule has 0 bridgehead atoms. The molecule has 0 aromatic heterocycles. The lowest BCUT2D eigenvalue weighted by Gasteiger charge is -2.42. The van der Waals surface area contributed by atoms with E-state index in [-0.39, 0.29) is 5.41 Å². The molecule has 1 aromatic carbocycles. The first-order chi connectivity index (χ1) is 7.18. The number of rotatable bonds is 3. The highest BCUT2D eigenvalue weighted by molar-refractivity contribution is 5.38. The van der Waals surface area contributed by atoms with E-state index in [1.807, 2.05) is 7.05 Å². The average Bonchev–Trinajstić information content (AvgIpc) is 2.12. The molecule has 0 saturated carbocycles. The van der Waals surface area contributed by atoms with Gasteiger partial charge in [0.2, 0.25) is 0 Å². The number of nitrogens with one attached hydrogen (secondary N) is 1. The summed E-state index contributed by atoms with van der Waals surface area (Å²) in [5.74, 6) is 0. The van der Waals surface area contributed by atoms with Crippen LogP contribution >= 0.6 is 0 Å². The van der Waals surface area contributed by atoms with Crippen LogP contribution in [0.15, 0.2) is 18.2 Å². The van der Waals surface area contributed by atoms with Crippen LogP contribution in [0.1, 0.15) is 16.7 Å². The Hall–Kier alpha value is -0.860. The molecule has 15 heavy (non-hydrogen) atoms. The minimum absolute atomic E-state index is 0.215. The fraction of sp³-hybridized carbons (Fsp3) is 0.538. The van der Waals surface area contributed by atoms with Crippen LogP contribution in [0.3, 0.4) is 0 Å². The topological polar surface area (TPSA) is 21.3 Å². The summed E-state index contributed by atoms with van der Waals surface area (Å²) in [5.41, 5.74) is 4.37. The summed E-state index contributed by atoms with van der Waals surface area (Å²) < 4.78 is 5.39. The minimum atomic E-state index is 0.215. The molecule has 1 heterocycles. The van der Waals surface area contributed by atoms with E-state index in [2.05, 4.69) is 37.4 Å². The summed E-state index contributed by atoms with van der Waals surface area (Å²) in [4.78, 5) is 0. The molecule has 0 aliphatic carbocycles. The van der Waals surface area contributed by atoms with Crippen molar-refractivity contribution in [1.82, 2.24) is 5.32 Å². The molecule has 1 saturated heterocycles. The Labute approximate surface area is 91.6 Å². The zero-order valence-electron chi connectivity index (χ0n) is 9.76. The maximum atomic E-state index is 5.39. The van der Waals surface area contributed by atoms with Crippen LogP contribution < -0.4 is 5.32 Å². The van der Waals surface area contributed by atoms with Crippen molar-refractivity contribution in [2.75, 3.05) is 26.8 Å². The second kappa shape index (κ2) is 3.95. The first-order valence-corrected chi connectivity index (χ1v) is 5.48. The van der Waals surface area contributed by atoms with Gasteiger partial charge in [0.15, 0.2) is 0 Å². The Kier molecular flexibility index (Phi) is 2.81. The van der Waals surface area contributed by atoms with Gasteiger partial charge in [-0.25, -0.2) is 0 Å². The van der Waals surface area contributed by atoms with Crippen molar-refractivity contribution < 1.29 is 4.74 Å². The largest absolute Gasteiger partial charge is 0.379 e. The molecule has 82 valence electrons. The van der Waals surface area contributed by atoms with E-state index in [0.717, 1.165) is 19.8 Å². The van der Waals surface area contributed by atoms with Gasteiger partial charge < -0.3 is 10.1 Å². The van der Waals surface area contributed by atoms with Crippen molar-refractivity contribution in [1.29, 1.82) is 0 Å². The Morgan fingerprint density at radius 2 is 2.07 bits per heavy atom. The molecule has 2 heteroatoms. The molecule has 1 aliphatic rings. The highest BCUT2D eigenvalue weighted by atomic mass is 16.5. The van der Waals surface area contributed by atoms with Gasteiger partial charge in [-0.3, -0.25) is 0 Å². The molecular formula is C13H19NO. The van der Waals surface area contributed by atoms with E-state index in [9.17, 15) is 0 Å². The van der Waals surface area contributed by atoms with Gasteiger partial charge in [0, 0.05) is 6.54 Å². The molecule has 2 rings (SSSR count). The second-order valence-corrected chi connectivity index (χ2v) is 4.62. The normalized spacial score (nSPS) is 18.6. The van der Waals surface area contributed by atoms with Crippen molar-refractivity contribution >= 4 is 0 Å². The third-order valence-corrected chi connectivity index (χ3v) is 3.23. The van der Waals surface area contributed by atoms with E-state index in [1.54, 1.807) is 0 Å². The van der Waals surface area contributed by atoms with Crippen LogP contribution in [0.5, 0.6) is 0 Å². The van der Waals surface area contributed by atoms with Crippen LogP contribution in [0.2, 0.25) is 0 Å². The Morgan fingerprint density at radius 3 is 2.53 bits per heavy atom. The molecule has 1 fully saturated rings. The predicted octanol–water partition coefficient (Wildman–Crippen LogP) is 1.79. The first kappa shape index (κ1) is 10.7.